The Morgan fingerprint density at radius 3 is 2.78 bits per heavy atom. The molecular weight excluding hydrogens is 252 g/mol. The molecule has 2 aromatic heterocycles. The first kappa shape index (κ1) is 12.6. The first-order chi connectivity index (χ1) is 8.60. The van der Waals surface area contributed by atoms with Gasteiger partial charge in [-0.1, -0.05) is 18.3 Å². The van der Waals surface area contributed by atoms with Crippen LogP contribution in [0.2, 0.25) is 0 Å². The van der Waals surface area contributed by atoms with Crippen LogP contribution in [-0.4, -0.2) is 30.9 Å². The Kier molecular flexibility index (Phi) is 3.66. The van der Waals surface area contributed by atoms with Crippen molar-refractivity contribution >= 4 is 17.2 Å². The molecule has 96 valence electrons. The minimum absolute atomic E-state index is 0.0553. The van der Waals surface area contributed by atoms with Gasteiger partial charge in [-0.15, -0.1) is 15.3 Å². The molecule has 18 heavy (non-hydrogen) atoms. The van der Waals surface area contributed by atoms with E-state index in [1.54, 1.807) is 4.68 Å². The number of carbonyl (C=O) groups is 1. The SMILES string of the molecule is CCCc1nc(C(N)=O)nn1Cc1nnc(C)s1. The molecule has 1 amide bonds. The van der Waals surface area contributed by atoms with Gasteiger partial charge < -0.3 is 5.73 Å². The summed E-state index contributed by atoms with van der Waals surface area (Å²) in [5.74, 6) is 0.193. The Hall–Kier alpha value is -1.83. The Labute approximate surface area is 108 Å². The lowest BCUT2D eigenvalue weighted by Gasteiger charge is -2.01. The van der Waals surface area contributed by atoms with E-state index in [1.807, 2.05) is 13.8 Å². The van der Waals surface area contributed by atoms with E-state index in [-0.39, 0.29) is 5.82 Å². The second-order valence-corrected chi connectivity index (χ2v) is 5.10. The largest absolute Gasteiger partial charge is 0.363 e. The number of carbonyl (C=O) groups excluding carboxylic acids is 1. The van der Waals surface area contributed by atoms with Crippen LogP contribution in [0.5, 0.6) is 0 Å². The zero-order chi connectivity index (χ0) is 13.1. The first-order valence-electron chi connectivity index (χ1n) is 5.62. The standard InChI is InChI=1S/C10H14N6OS/c1-3-4-7-12-10(9(11)17)15-16(7)5-8-14-13-6(2)18-8/h3-5H2,1-2H3,(H2,11,17). The highest BCUT2D eigenvalue weighted by Crippen LogP contribution is 2.11. The van der Waals surface area contributed by atoms with Crippen LogP contribution in [-0.2, 0) is 13.0 Å². The maximum Gasteiger partial charge on any atom is 0.288 e. The quantitative estimate of drug-likeness (QED) is 0.851. The molecule has 0 aliphatic rings. The molecule has 0 atom stereocenters. The van der Waals surface area contributed by atoms with Gasteiger partial charge in [-0.25, -0.2) is 9.67 Å². The summed E-state index contributed by atoms with van der Waals surface area (Å²) < 4.78 is 1.67. The topological polar surface area (TPSA) is 99.6 Å². The van der Waals surface area contributed by atoms with E-state index in [1.165, 1.54) is 11.3 Å². The fourth-order valence-corrected chi connectivity index (χ4v) is 2.23. The van der Waals surface area contributed by atoms with Gasteiger partial charge >= 0.3 is 0 Å². The molecule has 7 nitrogen and oxygen atoms in total. The van der Waals surface area contributed by atoms with Crippen molar-refractivity contribution in [3.63, 3.8) is 0 Å². The van der Waals surface area contributed by atoms with Crippen LogP contribution in [0.4, 0.5) is 0 Å². The number of nitrogens with two attached hydrogens (primary N) is 1. The highest BCUT2D eigenvalue weighted by molar-refractivity contribution is 7.11. The van der Waals surface area contributed by atoms with Crippen molar-refractivity contribution in [2.75, 3.05) is 0 Å². The number of amides is 1. The third kappa shape index (κ3) is 2.70. The fraction of sp³-hybridized carbons (Fsp3) is 0.500. The van der Waals surface area contributed by atoms with Crippen molar-refractivity contribution in [2.45, 2.75) is 33.2 Å². The van der Waals surface area contributed by atoms with Crippen molar-refractivity contribution < 1.29 is 4.79 Å². The zero-order valence-corrected chi connectivity index (χ0v) is 11.1. The van der Waals surface area contributed by atoms with E-state index in [2.05, 4.69) is 20.3 Å². The van der Waals surface area contributed by atoms with Gasteiger partial charge in [0.15, 0.2) is 0 Å². The normalized spacial score (nSPS) is 10.8. The number of aromatic nitrogens is 5. The summed E-state index contributed by atoms with van der Waals surface area (Å²) in [6.07, 6.45) is 1.67. The third-order valence-electron chi connectivity index (χ3n) is 2.30. The number of rotatable bonds is 5. The van der Waals surface area contributed by atoms with Crippen molar-refractivity contribution in [2.24, 2.45) is 5.73 Å². The lowest BCUT2D eigenvalue weighted by Crippen LogP contribution is -2.13. The van der Waals surface area contributed by atoms with Gasteiger partial charge in [-0.05, 0) is 13.3 Å². The van der Waals surface area contributed by atoms with E-state index >= 15 is 0 Å². The van der Waals surface area contributed by atoms with Crippen molar-refractivity contribution in [1.82, 2.24) is 25.0 Å². The molecule has 0 bridgehead atoms. The lowest BCUT2D eigenvalue weighted by atomic mass is 10.3. The minimum Gasteiger partial charge on any atom is -0.363 e. The maximum absolute atomic E-state index is 11.1. The zero-order valence-electron chi connectivity index (χ0n) is 10.3. The van der Waals surface area contributed by atoms with Gasteiger partial charge in [0.05, 0.1) is 6.54 Å². The van der Waals surface area contributed by atoms with Crippen LogP contribution in [0.1, 0.15) is 39.8 Å². The van der Waals surface area contributed by atoms with E-state index in [4.69, 9.17) is 5.73 Å². The molecular formula is C10H14N6OS. The summed E-state index contributed by atoms with van der Waals surface area (Å²) in [5.41, 5.74) is 5.19. The number of nitrogens with zero attached hydrogens (tertiary/aromatic N) is 5. The highest BCUT2D eigenvalue weighted by Gasteiger charge is 2.14. The molecule has 2 rings (SSSR count). The molecule has 0 saturated carbocycles. The van der Waals surface area contributed by atoms with Gasteiger partial charge in [0.1, 0.15) is 15.8 Å². The third-order valence-corrected chi connectivity index (χ3v) is 3.12. The molecule has 0 unspecified atom stereocenters. The number of aryl methyl sites for hydroxylation is 2. The monoisotopic (exact) mass is 266 g/mol. The first-order valence-corrected chi connectivity index (χ1v) is 6.44. The van der Waals surface area contributed by atoms with Gasteiger partial charge in [-0.2, -0.15) is 0 Å². The summed E-state index contributed by atoms with van der Waals surface area (Å²) in [4.78, 5) is 15.2. The average Bonchev–Trinajstić information content (AvgIpc) is 2.88. The molecule has 0 fully saturated rings. The molecule has 0 spiro atoms. The Morgan fingerprint density at radius 1 is 1.44 bits per heavy atom. The second kappa shape index (κ2) is 5.21. The van der Waals surface area contributed by atoms with E-state index in [0.717, 1.165) is 28.7 Å². The Balaban J connectivity index is 2.27. The average molecular weight is 266 g/mol. The van der Waals surface area contributed by atoms with Gasteiger partial charge in [-0.3, -0.25) is 4.79 Å². The van der Waals surface area contributed by atoms with E-state index in [9.17, 15) is 4.79 Å². The molecule has 0 saturated heterocycles. The van der Waals surface area contributed by atoms with E-state index in [0.29, 0.717) is 6.54 Å². The molecule has 8 heteroatoms. The van der Waals surface area contributed by atoms with Gasteiger partial charge in [0.25, 0.3) is 5.91 Å². The second-order valence-electron chi connectivity index (χ2n) is 3.84. The molecule has 2 N–H and O–H groups in total. The van der Waals surface area contributed by atoms with Crippen LogP contribution in [0.3, 0.4) is 0 Å². The van der Waals surface area contributed by atoms with Crippen LogP contribution in [0.25, 0.3) is 0 Å². The van der Waals surface area contributed by atoms with Gasteiger partial charge in [0, 0.05) is 6.42 Å². The molecule has 0 aromatic carbocycles. The maximum atomic E-state index is 11.1. The Morgan fingerprint density at radius 2 is 2.22 bits per heavy atom. The number of primary amides is 1. The smallest absolute Gasteiger partial charge is 0.288 e. The summed E-state index contributed by atoms with van der Waals surface area (Å²) >= 11 is 1.50. The van der Waals surface area contributed by atoms with Gasteiger partial charge in [0.2, 0.25) is 5.82 Å². The van der Waals surface area contributed by atoms with Crippen LogP contribution < -0.4 is 5.73 Å². The van der Waals surface area contributed by atoms with Crippen molar-refractivity contribution in [1.29, 1.82) is 0 Å². The summed E-state index contributed by atoms with van der Waals surface area (Å²) in [7, 11) is 0. The number of hydrogen-bond donors (Lipinski definition) is 1. The molecule has 2 aromatic rings. The van der Waals surface area contributed by atoms with E-state index < -0.39 is 5.91 Å². The fourth-order valence-electron chi connectivity index (χ4n) is 1.54. The van der Waals surface area contributed by atoms with Crippen molar-refractivity contribution in [3.05, 3.63) is 21.7 Å². The lowest BCUT2D eigenvalue weighted by molar-refractivity contribution is 0.0990. The predicted molar refractivity (Wildman–Crippen MR) is 66.3 cm³/mol. The molecule has 0 aliphatic carbocycles. The predicted octanol–water partition coefficient (Wildman–Crippen LogP) is 0.538. The van der Waals surface area contributed by atoms with Crippen molar-refractivity contribution in [3.8, 4) is 0 Å². The highest BCUT2D eigenvalue weighted by atomic mass is 32.1. The summed E-state index contributed by atoms with van der Waals surface area (Å²) in [6, 6.07) is 0. The number of hydrogen-bond acceptors (Lipinski definition) is 6. The van der Waals surface area contributed by atoms with Crippen LogP contribution in [0.15, 0.2) is 0 Å². The summed E-state index contributed by atoms with van der Waals surface area (Å²) in [6.45, 7) is 4.41. The molecule has 2 heterocycles. The van der Waals surface area contributed by atoms with Crippen LogP contribution in [0, 0.1) is 6.92 Å². The molecule has 0 aliphatic heterocycles. The summed E-state index contributed by atoms with van der Waals surface area (Å²) in [5, 5.41) is 13.8. The van der Waals surface area contributed by atoms with Crippen LogP contribution >= 0.6 is 11.3 Å². The minimum atomic E-state index is -0.612. The molecule has 0 radical (unpaired) electrons. The Bertz CT molecular complexity index is 560.